The Hall–Kier alpha value is -1.10. The molecular formula is C13H24N2O3. The number of carbonyl (C=O) groups is 2. The van der Waals surface area contributed by atoms with E-state index >= 15 is 0 Å². The smallest absolute Gasteiger partial charge is 0.328 e. The second kappa shape index (κ2) is 7.36. The van der Waals surface area contributed by atoms with E-state index in [2.05, 4.69) is 12.2 Å². The molecule has 1 saturated heterocycles. The van der Waals surface area contributed by atoms with Crippen molar-refractivity contribution in [3.63, 3.8) is 0 Å². The van der Waals surface area contributed by atoms with E-state index in [1.165, 1.54) is 0 Å². The third-order valence-corrected chi connectivity index (χ3v) is 3.21. The second-order valence-corrected chi connectivity index (χ2v) is 4.61. The van der Waals surface area contributed by atoms with Gasteiger partial charge < -0.3 is 15.0 Å². The molecule has 1 amide bonds. The van der Waals surface area contributed by atoms with E-state index in [4.69, 9.17) is 4.74 Å². The van der Waals surface area contributed by atoms with Gasteiger partial charge in [0.15, 0.2) is 0 Å². The summed E-state index contributed by atoms with van der Waals surface area (Å²) in [6, 6.07) is -0.626. The molecule has 1 aliphatic heterocycles. The minimum absolute atomic E-state index is 0.0234. The maximum Gasteiger partial charge on any atom is 0.328 e. The van der Waals surface area contributed by atoms with Gasteiger partial charge in [0.05, 0.1) is 12.6 Å². The molecule has 2 atom stereocenters. The van der Waals surface area contributed by atoms with Crippen LogP contribution in [0.25, 0.3) is 0 Å². The highest BCUT2D eigenvalue weighted by atomic mass is 16.5. The standard InChI is InChI=1S/C13H24N2O3/c1-4-8-14-11-7-6-9-15(12(11)16)10(3)13(17)18-5-2/h10-11,14H,4-9H2,1-3H3. The molecule has 0 aromatic heterocycles. The summed E-state index contributed by atoms with van der Waals surface area (Å²) < 4.78 is 4.97. The lowest BCUT2D eigenvalue weighted by molar-refractivity contribution is -0.156. The zero-order chi connectivity index (χ0) is 13.5. The summed E-state index contributed by atoms with van der Waals surface area (Å²) in [5, 5.41) is 3.23. The van der Waals surface area contributed by atoms with Crippen molar-refractivity contribution in [2.24, 2.45) is 0 Å². The van der Waals surface area contributed by atoms with Crippen LogP contribution in [0.3, 0.4) is 0 Å². The van der Waals surface area contributed by atoms with E-state index in [0.717, 1.165) is 25.8 Å². The first-order valence-corrected chi connectivity index (χ1v) is 6.82. The lowest BCUT2D eigenvalue weighted by atomic mass is 10.0. The number of carbonyl (C=O) groups excluding carboxylic acids is 2. The van der Waals surface area contributed by atoms with Gasteiger partial charge in [-0.2, -0.15) is 0 Å². The molecular weight excluding hydrogens is 232 g/mol. The molecule has 0 radical (unpaired) electrons. The highest BCUT2D eigenvalue weighted by Gasteiger charge is 2.34. The van der Waals surface area contributed by atoms with E-state index in [0.29, 0.717) is 13.2 Å². The molecule has 2 unspecified atom stereocenters. The zero-order valence-electron chi connectivity index (χ0n) is 11.6. The average molecular weight is 256 g/mol. The summed E-state index contributed by atoms with van der Waals surface area (Å²) in [6.07, 6.45) is 2.78. The van der Waals surface area contributed by atoms with Crippen molar-refractivity contribution in [1.29, 1.82) is 0 Å². The molecule has 104 valence electrons. The Morgan fingerprint density at radius 2 is 2.28 bits per heavy atom. The number of hydrogen-bond acceptors (Lipinski definition) is 4. The molecule has 1 fully saturated rings. The molecule has 0 aliphatic carbocycles. The summed E-state index contributed by atoms with van der Waals surface area (Å²) in [7, 11) is 0. The largest absolute Gasteiger partial charge is 0.464 e. The van der Waals surface area contributed by atoms with E-state index < -0.39 is 6.04 Å². The Morgan fingerprint density at radius 3 is 2.89 bits per heavy atom. The monoisotopic (exact) mass is 256 g/mol. The minimum Gasteiger partial charge on any atom is -0.464 e. The van der Waals surface area contributed by atoms with Crippen LogP contribution < -0.4 is 5.32 Å². The molecule has 0 bridgehead atoms. The third-order valence-electron chi connectivity index (χ3n) is 3.21. The molecule has 1 heterocycles. The van der Waals surface area contributed by atoms with Crippen molar-refractivity contribution in [3.05, 3.63) is 0 Å². The Labute approximate surface area is 109 Å². The number of esters is 1. The number of nitrogens with one attached hydrogen (secondary N) is 1. The first-order valence-electron chi connectivity index (χ1n) is 6.82. The topological polar surface area (TPSA) is 58.6 Å². The van der Waals surface area contributed by atoms with Crippen LogP contribution in [-0.4, -0.2) is 48.6 Å². The number of rotatable bonds is 6. The lowest BCUT2D eigenvalue weighted by Crippen LogP contribution is -2.55. The van der Waals surface area contributed by atoms with Gasteiger partial charge in [-0.15, -0.1) is 0 Å². The Kier molecular flexibility index (Phi) is 6.12. The third kappa shape index (κ3) is 3.70. The van der Waals surface area contributed by atoms with Gasteiger partial charge in [-0.1, -0.05) is 6.92 Å². The van der Waals surface area contributed by atoms with Crippen LogP contribution in [0.4, 0.5) is 0 Å². The van der Waals surface area contributed by atoms with Crippen molar-refractivity contribution >= 4 is 11.9 Å². The molecule has 0 spiro atoms. The number of amides is 1. The molecule has 1 aliphatic rings. The summed E-state index contributed by atoms with van der Waals surface area (Å²) >= 11 is 0. The summed E-state index contributed by atoms with van der Waals surface area (Å²) in [6.45, 7) is 7.40. The fourth-order valence-corrected chi connectivity index (χ4v) is 2.18. The average Bonchev–Trinajstić information content (AvgIpc) is 2.37. The van der Waals surface area contributed by atoms with E-state index in [9.17, 15) is 9.59 Å². The molecule has 18 heavy (non-hydrogen) atoms. The molecule has 5 heteroatoms. The van der Waals surface area contributed by atoms with Crippen LogP contribution in [0.5, 0.6) is 0 Å². The number of nitrogens with zero attached hydrogens (tertiary/aromatic N) is 1. The van der Waals surface area contributed by atoms with Gasteiger partial charge in [-0.3, -0.25) is 4.79 Å². The van der Waals surface area contributed by atoms with Crippen LogP contribution in [-0.2, 0) is 14.3 Å². The van der Waals surface area contributed by atoms with Crippen LogP contribution in [0, 0.1) is 0 Å². The Balaban J connectivity index is 2.59. The predicted molar refractivity (Wildman–Crippen MR) is 69.1 cm³/mol. The van der Waals surface area contributed by atoms with E-state index in [1.807, 2.05) is 0 Å². The Morgan fingerprint density at radius 1 is 1.56 bits per heavy atom. The van der Waals surface area contributed by atoms with Crippen molar-refractivity contribution in [2.45, 2.75) is 52.1 Å². The summed E-state index contributed by atoms with van der Waals surface area (Å²) in [4.78, 5) is 25.5. The van der Waals surface area contributed by atoms with Gasteiger partial charge in [0.25, 0.3) is 0 Å². The molecule has 0 aromatic rings. The van der Waals surface area contributed by atoms with Gasteiger partial charge in [0.1, 0.15) is 6.04 Å². The summed E-state index contributed by atoms with van der Waals surface area (Å²) in [5.41, 5.74) is 0. The van der Waals surface area contributed by atoms with Crippen molar-refractivity contribution in [3.8, 4) is 0 Å². The predicted octanol–water partition coefficient (Wildman–Crippen LogP) is 0.929. The first kappa shape index (κ1) is 15.0. The highest BCUT2D eigenvalue weighted by Crippen LogP contribution is 2.15. The van der Waals surface area contributed by atoms with Gasteiger partial charge in [-0.25, -0.2) is 4.79 Å². The van der Waals surface area contributed by atoms with Gasteiger partial charge in [0, 0.05) is 6.54 Å². The fraction of sp³-hybridized carbons (Fsp3) is 0.846. The molecule has 1 rings (SSSR count). The lowest BCUT2D eigenvalue weighted by Gasteiger charge is -2.35. The van der Waals surface area contributed by atoms with Crippen LogP contribution >= 0.6 is 0 Å². The maximum atomic E-state index is 12.2. The molecule has 0 aromatic carbocycles. The second-order valence-electron chi connectivity index (χ2n) is 4.61. The highest BCUT2D eigenvalue weighted by molar-refractivity contribution is 5.88. The minimum atomic E-state index is -0.483. The summed E-state index contributed by atoms with van der Waals surface area (Å²) in [5.74, 6) is -0.294. The van der Waals surface area contributed by atoms with E-state index in [1.54, 1.807) is 18.7 Å². The van der Waals surface area contributed by atoms with Gasteiger partial charge in [-0.05, 0) is 39.7 Å². The van der Waals surface area contributed by atoms with Crippen LogP contribution in [0.2, 0.25) is 0 Å². The van der Waals surface area contributed by atoms with Crippen molar-refractivity contribution < 1.29 is 14.3 Å². The molecule has 5 nitrogen and oxygen atoms in total. The van der Waals surface area contributed by atoms with Crippen LogP contribution in [0.15, 0.2) is 0 Å². The van der Waals surface area contributed by atoms with Crippen LogP contribution in [0.1, 0.15) is 40.0 Å². The number of piperidine rings is 1. The van der Waals surface area contributed by atoms with Crippen molar-refractivity contribution in [1.82, 2.24) is 10.2 Å². The van der Waals surface area contributed by atoms with E-state index in [-0.39, 0.29) is 17.9 Å². The normalized spacial score (nSPS) is 21.8. The molecule has 0 saturated carbocycles. The van der Waals surface area contributed by atoms with Gasteiger partial charge in [0.2, 0.25) is 5.91 Å². The number of hydrogen-bond donors (Lipinski definition) is 1. The van der Waals surface area contributed by atoms with Gasteiger partial charge >= 0.3 is 5.97 Å². The fourth-order valence-electron chi connectivity index (χ4n) is 2.18. The Bertz CT molecular complexity index is 294. The number of ether oxygens (including phenoxy) is 1. The quantitative estimate of drug-likeness (QED) is 0.718. The zero-order valence-corrected chi connectivity index (χ0v) is 11.6. The van der Waals surface area contributed by atoms with Crippen molar-refractivity contribution in [2.75, 3.05) is 19.7 Å². The molecule has 1 N–H and O–H groups in total. The maximum absolute atomic E-state index is 12.2. The first-order chi connectivity index (χ1) is 8.61. The SMILES string of the molecule is CCCNC1CCCN(C(C)C(=O)OCC)C1=O. The number of likely N-dealkylation sites (tertiary alicyclic amines) is 1.